The summed E-state index contributed by atoms with van der Waals surface area (Å²) in [5.74, 6) is -0.401. The number of sulfonamides is 1. The van der Waals surface area contributed by atoms with Crippen LogP contribution in [0.25, 0.3) is 0 Å². The maximum Gasteiger partial charge on any atom is 0.241 e. The largest absolute Gasteiger partial charge is 0.389 e. The number of carbonyl (C=O) groups is 1. The van der Waals surface area contributed by atoms with Gasteiger partial charge in [-0.2, -0.15) is 4.72 Å². The summed E-state index contributed by atoms with van der Waals surface area (Å²) in [6, 6.07) is 5.14. The van der Waals surface area contributed by atoms with E-state index in [1.807, 2.05) is 0 Å². The molecule has 1 amide bonds. The fourth-order valence-corrected chi connectivity index (χ4v) is 3.33. The summed E-state index contributed by atoms with van der Waals surface area (Å²) in [5.41, 5.74) is 5.77. The molecule has 1 aromatic carbocycles. The van der Waals surface area contributed by atoms with Crippen molar-refractivity contribution in [3.05, 3.63) is 29.8 Å². The first-order valence-electron chi connectivity index (χ1n) is 6.36. The molecule has 21 heavy (non-hydrogen) atoms. The SMILES string of the molecule is CC(C)NC(=O)C(C)NS(=O)(=O)c1ccccc1C(N)=S. The molecule has 0 heterocycles. The predicted octanol–water partition coefficient (Wildman–Crippen LogP) is 0.512. The zero-order chi connectivity index (χ0) is 16.2. The monoisotopic (exact) mass is 329 g/mol. The zero-order valence-electron chi connectivity index (χ0n) is 12.1. The second-order valence-corrected chi connectivity index (χ2v) is 6.99. The van der Waals surface area contributed by atoms with Crippen LogP contribution in [0.15, 0.2) is 29.2 Å². The Bertz CT molecular complexity index is 642. The van der Waals surface area contributed by atoms with Gasteiger partial charge in [0, 0.05) is 11.6 Å². The molecule has 8 heteroatoms. The van der Waals surface area contributed by atoms with E-state index in [1.54, 1.807) is 26.0 Å². The lowest BCUT2D eigenvalue weighted by Crippen LogP contribution is -2.46. The van der Waals surface area contributed by atoms with Crippen LogP contribution in [0.3, 0.4) is 0 Å². The second-order valence-electron chi connectivity index (χ2n) is 4.87. The first-order chi connectivity index (χ1) is 9.65. The molecule has 0 fully saturated rings. The van der Waals surface area contributed by atoms with E-state index in [2.05, 4.69) is 10.0 Å². The van der Waals surface area contributed by atoms with E-state index in [1.165, 1.54) is 19.1 Å². The van der Waals surface area contributed by atoms with E-state index in [0.29, 0.717) is 0 Å². The average molecular weight is 329 g/mol. The van der Waals surface area contributed by atoms with Crippen molar-refractivity contribution >= 4 is 33.1 Å². The van der Waals surface area contributed by atoms with E-state index in [0.717, 1.165) is 0 Å². The summed E-state index contributed by atoms with van der Waals surface area (Å²) in [7, 11) is -3.89. The van der Waals surface area contributed by atoms with Gasteiger partial charge in [0.1, 0.15) is 4.99 Å². The lowest BCUT2D eigenvalue weighted by atomic mass is 10.2. The second kappa shape index (κ2) is 6.97. The Morgan fingerprint density at radius 3 is 2.33 bits per heavy atom. The van der Waals surface area contributed by atoms with Crippen molar-refractivity contribution in [1.82, 2.24) is 10.0 Å². The molecular weight excluding hydrogens is 310 g/mol. The summed E-state index contributed by atoms with van der Waals surface area (Å²) in [6.45, 7) is 5.06. The first-order valence-corrected chi connectivity index (χ1v) is 8.26. The molecule has 1 atom stereocenters. The van der Waals surface area contributed by atoms with Crippen LogP contribution in [0.1, 0.15) is 26.3 Å². The smallest absolute Gasteiger partial charge is 0.241 e. The van der Waals surface area contributed by atoms with Crippen LogP contribution in [-0.2, 0) is 14.8 Å². The first kappa shape index (κ1) is 17.5. The molecule has 116 valence electrons. The molecule has 1 aromatic rings. The van der Waals surface area contributed by atoms with Crippen molar-refractivity contribution in [1.29, 1.82) is 0 Å². The van der Waals surface area contributed by atoms with Gasteiger partial charge in [-0.15, -0.1) is 0 Å². The minimum Gasteiger partial charge on any atom is -0.389 e. The normalized spacial score (nSPS) is 13.0. The number of amides is 1. The quantitative estimate of drug-likeness (QED) is 0.660. The molecule has 6 nitrogen and oxygen atoms in total. The Balaban J connectivity index is 3.03. The number of rotatable bonds is 6. The van der Waals surface area contributed by atoms with Crippen LogP contribution in [-0.4, -0.2) is 31.4 Å². The van der Waals surface area contributed by atoms with Gasteiger partial charge in [0.15, 0.2) is 0 Å². The van der Waals surface area contributed by atoms with Gasteiger partial charge in [-0.3, -0.25) is 4.79 Å². The summed E-state index contributed by atoms with van der Waals surface area (Å²) in [5, 5.41) is 2.64. The molecule has 0 spiro atoms. The van der Waals surface area contributed by atoms with E-state index >= 15 is 0 Å². The molecule has 4 N–H and O–H groups in total. The molecule has 0 aliphatic carbocycles. The standard InChI is InChI=1S/C13H19N3O3S2/c1-8(2)15-13(17)9(3)16-21(18,19)11-7-5-4-6-10(11)12(14)20/h4-9,16H,1-3H3,(H2,14,20)(H,15,17). The highest BCUT2D eigenvalue weighted by atomic mass is 32.2. The molecule has 0 radical (unpaired) electrons. The molecule has 0 saturated heterocycles. The highest BCUT2D eigenvalue weighted by molar-refractivity contribution is 7.89. The van der Waals surface area contributed by atoms with Crippen molar-refractivity contribution < 1.29 is 13.2 Å². The van der Waals surface area contributed by atoms with Gasteiger partial charge in [-0.1, -0.05) is 30.4 Å². The van der Waals surface area contributed by atoms with Crippen LogP contribution in [0.5, 0.6) is 0 Å². The summed E-state index contributed by atoms with van der Waals surface area (Å²) in [6.07, 6.45) is 0. The molecule has 0 aromatic heterocycles. The van der Waals surface area contributed by atoms with Crippen molar-refractivity contribution in [2.45, 2.75) is 37.8 Å². The topological polar surface area (TPSA) is 101 Å². The van der Waals surface area contributed by atoms with Gasteiger partial charge in [-0.05, 0) is 26.8 Å². The van der Waals surface area contributed by atoms with Crippen LogP contribution in [0.4, 0.5) is 0 Å². The number of hydrogen-bond donors (Lipinski definition) is 3. The summed E-state index contributed by atoms with van der Waals surface area (Å²) in [4.78, 5) is 11.7. The Morgan fingerprint density at radius 1 is 1.24 bits per heavy atom. The molecule has 0 aliphatic heterocycles. The average Bonchev–Trinajstić information content (AvgIpc) is 2.37. The Labute approximate surface area is 130 Å². The Hall–Kier alpha value is -1.51. The van der Waals surface area contributed by atoms with E-state index in [4.69, 9.17) is 18.0 Å². The number of carbonyl (C=O) groups excluding carboxylic acids is 1. The van der Waals surface area contributed by atoms with Crippen LogP contribution >= 0.6 is 12.2 Å². The number of thiocarbonyl (C=S) groups is 1. The Morgan fingerprint density at radius 2 is 1.81 bits per heavy atom. The maximum atomic E-state index is 12.4. The number of nitrogens with two attached hydrogens (primary N) is 1. The third kappa shape index (κ3) is 4.76. The minimum atomic E-state index is -3.89. The van der Waals surface area contributed by atoms with Gasteiger partial charge in [-0.25, -0.2) is 8.42 Å². The molecule has 1 rings (SSSR count). The van der Waals surface area contributed by atoms with Crippen molar-refractivity contribution in [3.63, 3.8) is 0 Å². The van der Waals surface area contributed by atoms with Crippen LogP contribution < -0.4 is 15.8 Å². The van der Waals surface area contributed by atoms with E-state index < -0.39 is 22.0 Å². The zero-order valence-corrected chi connectivity index (χ0v) is 13.7. The lowest BCUT2D eigenvalue weighted by molar-refractivity contribution is -0.122. The van der Waals surface area contributed by atoms with Crippen LogP contribution in [0, 0.1) is 0 Å². The van der Waals surface area contributed by atoms with Gasteiger partial charge < -0.3 is 11.1 Å². The third-order valence-electron chi connectivity index (χ3n) is 2.60. The fraction of sp³-hybridized carbons (Fsp3) is 0.385. The van der Waals surface area contributed by atoms with E-state index in [-0.39, 0.29) is 21.5 Å². The number of benzene rings is 1. The maximum absolute atomic E-state index is 12.4. The van der Waals surface area contributed by atoms with Gasteiger partial charge in [0.25, 0.3) is 0 Å². The number of nitrogens with one attached hydrogen (secondary N) is 2. The fourth-order valence-electron chi connectivity index (χ4n) is 1.66. The van der Waals surface area contributed by atoms with Crippen LogP contribution in [0.2, 0.25) is 0 Å². The van der Waals surface area contributed by atoms with Crippen molar-refractivity contribution in [2.24, 2.45) is 5.73 Å². The highest BCUT2D eigenvalue weighted by Gasteiger charge is 2.24. The predicted molar refractivity (Wildman–Crippen MR) is 85.4 cm³/mol. The van der Waals surface area contributed by atoms with E-state index in [9.17, 15) is 13.2 Å². The molecular formula is C13H19N3O3S2. The van der Waals surface area contributed by atoms with Gasteiger partial charge >= 0.3 is 0 Å². The summed E-state index contributed by atoms with van der Waals surface area (Å²) >= 11 is 4.85. The molecule has 1 unspecified atom stereocenters. The highest BCUT2D eigenvalue weighted by Crippen LogP contribution is 2.15. The summed E-state index contributed by atoms with van der Waals surface area (Å²) < 4.78 is 27.0. The van der Waals surface area contributed by atoms with Crippen molar-refractivity contribution in [2.75, 3.05) is 0 Å². The third-order valence-corrected chi connectivity index (χ3v) is 4.42. The number of hydrogen-bond acceptors (Lipinski definition) is 4. The lowest BCUT2D eigenvalue weighted by Gasteiger charge is -2.17. The Kier molecular flexibility index (Phi) is 5.82. The molecule has 0 aliphatic rings. The van der Waals surface area contributed by atoms with Crippen molar-refractivity contribution in [3.8, 4) is 0 Å². The van der Waals surface area contributed by atoms with Gasteiger partial charge in [0.05, 0.1) is 10.9 Å². The minimum absolute atomic E-state index is 0.0183. The van der Waals surface area contributed by atoms with Gasteiger partial charge in [0.2, 0.25) is 15.9 Å². The molecule has 0 bridgehead atoms. The molecule has 0 saturated carbocycles.